The van der Waals surface area contributed by atoms with Crippen LogP contribution in [0.25, 0.3) is 0 Å². The van der Waals surface area contributed by atoms with Crippen LogP contribution in [-0.4, -0.2) is 47.2 Å². The zero-order valence-corrected chi connectivity index (χ0v) is 12.1. The summed E-state index contributed by atoms with van der Waals surface area (Å²) in [7, 11) is 0. The van der Waals surface area contributed by atoms with Crippen molar-refractivity contribution in [1.82, 2.24) is 9.47 Å². The molecule has 2 atom stereocenters. The molecule has 1 saturated heterocycles. The SMILES string of the molecule is CCn1cc(Cl)cc1C(=O)N1CCOC(C(C)N)C1. The van der Waals surface area contributed by atoms with E-state index in [1.807, 2.05) is 18.4 Å². The summed E-state index contributed by atoms with van der Waals surface area (Å²) < 4.78 is 7.43. The summed E-state index contributed by atoms with van der Waals surface area (Å²) in [4.78, 5) is 14.3. The molecule has 1 aromatic rings. The van der Waals surface area contributed by atoms with Crippen molar-refractivity contribution < 1.29 is 9.53 Å². The summed E-state index contributed by atoms with van der Waals surface area (Å²) in [5.74, 6) is -0.0114. The Kier molecular flexibility index (Phi) is 4.50. The lowest BCUT2D eigenvalue weighted by molar-refractivity contribution is -0.0303. The van der Waals surface area contributed by atoms with Gasteiger partial charge in [0, 0.05) is 31.9 Å². The molecule has 1 fully saturated rings. The van der Waals surface area contributed by atoms with E-state index >= 15 is 0 Å². The molecule has 0 aliphatic carbocycles. The van der Waals surface area contributed by atoms with Crippen LogP contribution in [0, 0.1) is 0 Å². The highest BCUT2D eigenvalue weighted by Crippen LogP contribution is 2.18. The van der Waals surface area contributed by atoms with E-state index in [-0.39, 0.29) is 18.1 Å². The normalized spacial score (nSPS) is 21.5. The number of ether oxygens (including phenoxy) is 1. The highest BCUT2D eigenvalue weighted by molar-refractivity contribution is 6.31. The molecule has 0 spiro atoms. The summed E-state index contributed by atoms with van der Waals surface area (Å²) in [6, 6.07) is 1.63. The molecule has 2 unspecified atom stereocenters. The third-order valence-electron chi connectivity index (χ3n) is 3.39. The largest absolute Gasteiger partial charge is 0.373 e. The first kappa shape index (κ1) is 14.4. The van der Waals surface area contributed by atoms with Crippen LogP contribution in [0.4, 0.5) is 0 Å². The zero-order chi connectivity index (χ0) is 14.0. The predicted octanol–water partition coefficient (Wildman–Crippen LogP) is 1.35. The first-order valence-corrected chi connectivity index (χ1v) is 6.92. The summed E-state index contributed by atoms with van der Waals surface area (Å²) in [5, 5.41) is 0.585. The minimum absolute atomic E-state index is 0.0114. The number of amides is 1. The van der Waals surface area contributed by atoms with Crippen LogP contribution in [0.2, 0.25) is 5.02 Å². The molecular formula is C13H20ClN3O2. The maximum atomic E-state index is 12.5. The quantitative estimate of drug-likeness (QED) is 0.912. The molecule has 1 amide bonds. The number of halogens is 1. The number of carbonyl (C=O) groups excluding carboxylic acids is 1. The molecule has 0 aromatic carbocycles. The number of aryl methyl sites for hydroxylation is 1. The van der Waals surface area contributed by atoms with E-state index in [9.17, 15) is 4.79 Å². The van der Waals surface area contributed by atoms with Gasteiger partial charge < -0.3 is 19.9 Å². The molecule has 6 heteroatoms. The van der Waals surface area contributed by atoms with Gasteiger partial charge in [-0.25, -0.2) is 0 Å². The van der Waals surface area contributed by atoms with Crippen molar-refractivity contribution in [3.05, 3.63) is 23.0 Å². The fourth-order valence-electron chi connectivity index (χ4n) is 2.26. The first-order chi connectivity index (χ1) is 9.02. The van der Waals surface area contributed by atoms with Gasteiger partial charge in [0.2, 0.25) is 0 Å². The number of nitrogens with two attached hydrogens (primary N) is 1. The lowest BCUT2D eigenvalue weighted by Crippen LogP contribution is -2.51. The van der Waals surface area contributed by atoms with Crippen molar-refractivity contribution >= 4 is 17.5 Å². The number of hydrogen-bond donors (Lipinski definition) is 1. The number of rotatable bonds is 3. The molecule has 1 aromatic heterocycles. The van der Waals surface area contributed by atoms with Gasteiger partial charge in [-0.15, -0.1) is 0 Å². The van der Waals surface area contributed by atoms with Crippen LogP contribution in [0.3, 0.4) is 0 Å². The number of hydrogen-bond acceptors (Lipinski definition) is 3. The standard InChI is InChI=1S/C13H20ClN3O2/c1-3-16-7-10(14)6-11(16)13(18)17-4-5-19-12(8-17)9(2)15/h6-7,9,12H,3-5,8,15H2,1-2H3. The van der Waals surface area contributed by atoms with Crippen molar-refractivity contribution in [3.63, 3.8) is 0 Å². The highest BCUT2D eigenvalue weighted by atomic mass is 35.5. The second-order valence-electron chi connectivity index (χ2n) is 4.85. The lowest BCUT2D eigenvalue weighted by Gasteiger charge is -2.34. The Morgan fingerprint density at radius 2 is 2.42 bits per heavy atom. The van der Waals surface area contributed by atoms with Gasteiger partial charge >= 0.3 is 0 Å². The molecule has 5 nitrogen and oxygen atoms in total. The van der Waals surface area contributed by atoms with Gasteiger partial charge in [0.05, 0.1) is 17.7 Å². The minimum atomic E-state index is -0.0989. The van der Waals surface area contributed by atoms with Crippen molar-refractivity contribution in [2.24, 2.45) is 5.73 Å². The lowest BCUT2D eigenvalue weighted by atomic mass is 10.1. The van der Waals surface area contributed by atoms with Gasteiger partial charge in [0.15, 0.2) is 0 Å². The number of nitrogens with zero attached hydrogens (tertiary/aromatic N) is 2. The Morgan fingerprint density at radius 3 is 3.05 bits per heavy atom. The third kappa shape index (κ3) is 3.11. The molecular weight excluding hydrogens is 266 g/mol. The fraction of sp³-hybridized carbons (Fsp3) is 0.615. The van der Waals surface area contributed by atoms with E-state index in [2.05, 4.69) is 0 Å². The average Bonchev–Trinajstić information content (AvgIpc) is 2.79. The predicted molar refractivity (Wildman–Crippen MR) is 74.4 cm³/mol. The van der Waals surface area contributed by atoms with Crippen molar-refractivity contribution in [1.29, 1.82) is 0 Å². The summed E-state index contributed by atoms with van der Waals surface area (Å²) >= 11 is 5.97. The highest BCUT2D eigenvalue weighted by Gasteiger charge is 2.28. The Hall–Kier alpha value is -1.04. The van der Waals surface area contributed by atoms with Crippen molar-refractivity contribution in [2.45, 2.75) is 32.5 Å². The van der Waals surface area contributed by atoms with Crippen LogP contribution in [0.5, 0.6) is 0 Å². The molecule has 0 radical (unpaired) electrons. The van der Waals surface area contributed by atoms with Gasteiger partial charge in [-0.2, -0.15) is 0 Å². The monoisotopic (exact) mass is 285 g/mol. The van der Waals surface area contributed by atoms with E-state index in [1.165, 1.54) is 0 Å². The van der Waals surface area contributed by atoms with E-state index in [0.717, 1.165) is 6.54 Å². The topological polar surface area (TPSA) is 60.5 Å². The molecule has 19 heavy (non-hydrogen) atoms. The maximum Gasteiger partial charge on any atom is 0.270 e. The number of aromatic nitrogens is 1. The second-order valence-corrected chi connectivity index (χ2v) is 5.29. The van der Waals surface area contributed by atoms with Gasteiger partial charge in [0.25, 0.3) is 5.91 Å². The van der Waals surface area contributed by atoms with Crippen molar-refractivity contribution in [2.75, 3.05) is 19.7 Å². The number of morpholine rings is 1. The Balaban J connectivity index is 2.14. The second kappa shape index (κ2) is 5.94. The van der Waals surface area contributed by atoms with Gasteiger partial charge in [-0.3, -0.25) is 4.79 Å². The molecule has 0 bridgehead atoms. The van der Waals surface area contributed by atoms with E-state index < -0.39 is 0 Å². The van der Waals surface area contributed by atoms with Gasteiger partial charge in [-0.05, 0) is 19.9 Å². The maximum absolute atomic E-state index is 12.5. The third-order valence-corrected chi connectivity index (χ3v) is 3.60. The van der Waals surface area contributed by atoms with Crippen LogP contribution >= 0.6 is 11.6 Å². The Morgan fingerprint density at radius 1 is 1.68 bits per heavy atom. The van der Waals surface area contributed by atoms with Gasteiger partial charge in [-0.1, -0.05) is 11.6 Å². The summed E-state index contributed by atoms with van der Waals surface area (Å²) in [5.41, 5.74) is 6.46. The van der Waals surface area contributed by atoms with Crippen molar-refractivity contribution in [3.8, 4) is 0 Å². The molecule has 2 rings (SSSR count). The summed E-state index contributed by atoms with van der Waals surface area (Å²) in [6.45, 7) is 6.24. The average molecular weight is 286 g/mol. The Bertz CT molecular complexity index is 459. The van der Waals surface area contributed by atoms with E-state index in [4.69, 9.17) is 22.1 Å². The molecule has 1 aliphatic heterocycles. The minimum Gasteiger partial charge on any atom is -0.373 e. The summed E-state index contributed by atoms with van der Waals surface area (Å²) in [6.07, 6.45) is 1.68. The van der Waals surface area contributed by atoms with Crippen LogP contribution in [-0.2, 0) is 11.3 Å². The molecule has 2 heterocycles. The van der Waals surface area contributed by atoms with Crippen LogP contribution in [0.15, 0.2) is 12.3 Å². The van der Waals surface area contributed by atoms with E-state index in [1.54, 1.807) is 17.2 Å². The zero-order valence-electron chi connectivity index (χ0n) is 11.3. The van der Waals surface area contributed by atoms with E-state index in [0.29, 0.717) is 30.4 Å². The molecule has 0 saturated carbocycles. The molecule has 106 valence electrons. The van der Waals surface area contributed by atoms with Crippen LogP contribution in [0.1, 0.15) is 24.3 Å². The van der Waals surface area contributed by atoms with Crippen LogP contribution < -0.4 is 5.73 Å². The molecule has 2 N–H and O–H groups in total. The smallest absolute Gasteiger partial charge is 0.270 e. The number of carbonyl (C=O) groups is 1. The van der Waals surface area contributed by atoms with Gasteiger partial charge in [0.1, 0.15) is 5.69 Å². The Labute approximate surface area is 118 Å². The fourth-order valence-corrected chi connectivity index (χ4v) is 2.48. The first-order valence-electron chi connectivity index (χ1n) is 6.55. The molecule has 1 aliphatic rings.